The van der Waals surface area contributed by atoms with Gasteiger partial charge in [0.05, 0.1) is 23.9 Å². The van der Waals surface area contributed by atoms with Crippen LogP contribution in [-0.4, -0.2) is 21.2 Å². The van der Waals surface area contributed by atoms with E-state index in [1.807, 2.05) is 51.1 Å². The van der Waals surface area contributed by atoms with Gasteiger partial charge in [0.15, 0.2) is 5.16 Å². The Morgan fingerprint density at radius 2 is 2.07 bits per heavy atom. The number of thiophene rings is 1. The number of aryl methyl sites for hydroxylation is 2. The number of rotatable bonds is 6. The van der Waals surface area contributed by atoms with Crippen molar-refractivity contribution >= 4 is 44.9 Å². The third-order valence-electron chi connectivity index (χ3n) is 4.84. The second-order valence-electron chi connectivity index (χ2n) is 7.03. The lowest BCUT2D eigenvalue weighted by molar-refractivity contribution is -0.113. The first-order chi connectivity index (χ1) is 14.4. The monoisotopic (exact) mass is 439 g/mol. The second kappa shape index (κ2) is 8.49. The van der Waals surface area contributed by atoms with Gasteiger partial charge in [-0.25, -0.2) is 4.98 Å². The zero-order valence-corrected chi connectivity index (χ0v) is 18.5. The van der Waals surface area contributed by atoms with Crippen molar-refractivity contribution in [2.24, 2.45) is 0 Å². The molecule has 8 heteroatoms. The molecule has 1 aromatic carbocycles. The van der Waals surface area contributed by atoms with E-state index in [0.717, 1.165) is 21.7 Å². The number of thioether (sulfide) groups is 1. The van der Waals surface area contributed by atoms with Gasteiger partial charge in [-0.15, -0.1) is 11.3 Å². The summed E-state index contributed by atoms with van der Waals surface area (Å²) in [5, 5.41) is 4.04. The Morgan fingerprint density at radius 1 is 1.23 bits per heavy atom. The van der Waals surface area contributed by atoms with Gasteiger partial charge in [0.2, 0.25) is 5.91 Å². The molecule has 1 N–H and O–H groups in total. The van der Waals surface area contributed by atoms with Crippen LogP contribution in [0.1, 0.15) is 21.8 Å². The lowest BCUT2D eigenvalue weighted by atomic mass is 10.1. The molecule has 6 nitrogen and oxygen atoms in total. The lowest BCUT2D eigenvalue weighted by Gasteiger charge is -2.12. The summed E-state index contributed by atoms with van der Waals surface area (Å²) in [6.45, 7) is 6.21. The maximum Gasteiger partial charge on any atom is 0.263 e. The molecule has 4 aromatic rings. The van der Waals surface area contributed by atoms with Crippen molar-refractivity contribution in [1.82, 2.24) is 9.55 Å². The highest BCUT2D eigenvalue weighted by Crippen LogP contribution is 2.25. The average Bonchev–Trinajstić information content (AvgIpc) is 3.35. The fourth-order valence-corrected chi connectivity index (χ4v) is 4.85. The Balaban J connectivity index is 1.60. The largest absolute Gasteiger partial charge is 0.467 e. The fraction of sp³-hybridized carbons (Fsp3) is 0.227. The number of hydrogen-bond donors (Lipinski definition) is 1. The molecule has 0 saturated carbocycles. The van der Waals surface area contributed by atoms with Crippen LogP contribution in [-0.2, 0) is 11.3 Å². The fourth-order valence-electron chi connectivity index (χ4n) is 3.13. The quantitative estimate of drug-likeness (QED) is 0.346. The maximum absolute atomic E-state index is 13.1. The molecule has 0 saturated heterocycles. The number of aromatic nitrogens is 2. The van der Waals surface area contributed by atoms with E-state index in [4.69, 9.17) is 4.42 Å². The number of anilines is 1. The SMILES string of the molecule is Cc1cc2c(=O)n(Cc3ccco3)c(SCC(=O)Nc3cccc(C)c3C)nc2s1. The molecule has 0 aliphatic carbocycles. The molecular weight excluding hydrogens is 418 g/mol. The van der Waals surface area contributed by atoms with Gasteiger partial charge < -0.3 is 9.73 Å². The van der Waals surface area contributed by atoms with E-state index in [1.54, 1.807) is 16.9 Å². The molecule has 0 spiro atoms. The van der Waals surface area contributed by atoms with E-state index in [0.29, 0.717) is 21.1 Å². The number of hydrogen-bond acceptors (Lipinski definition) is 6. The van der Waals surface area contributed by atoms with E-state index in [1.165, 1.54) is 23.1 Å². The molecular formula is C22H21N3O3S2. The highest BCUT2D eigenvalue weighted by molar-refractivity contribution is 7.99. The van der Waals surface area contributed by atoms with Gasteiger partial charge in [-0.2, -0.15) is 0 Å². The first-order valence-corrected chi connectivity index (χ1v) is 11.2. The second-order valence-corrected chi connectivity index (χ2v) is 9.20. The molecule has 0 aliphatic rings. The third-order valence-corrected chi connectivity index (χ3v) is 6.77. The van der Waals surface area contributed by atoms with Crippen LogP contribution in [0.15, 0.2) is 57.0 Å². The summed E-state index contributed by atoms with van der Waals surface area (Å²) in [6, 6.07) is 11.3. The molecule has 154 valence electrons. The number of furan rings is 1. The number of fused-ring (bicyclic) bond motifs is 1. The van der Waals surface area contributed by atoms with Crippen molar-refractivity contribution in [3.8, 4) is 0 Å². The molecule has 0 bridgehead atoms. The van der Waals surface area contributed by atoms with Crippen molar-refractivity contribution < 1.29 is 9.21 Å². The molecule has 0 unspecified atom stereocenters. The van der Waals surface area contributed by atoms with Gasteiger partial charge in [0, 0.05) is 10.6 Å². The standard InChI is InChI=1S/C22H21N3O3S2/c1-13-6-4-8-18(15(13)3)23-19(26)12-29-22-24-20-17(10-14(2)30-20)21(27)25(22)11-16-7-5-9-28-16/h4-10H,11-12H2,1-3H3,(H,23,26). The molecule has 0 atom stereocenters. The molecule has 1 amide bonds. The van der Waals surface area contributed by atoms with Crippen molar-refractivity contribution in [2.75, 3.05) is 11.1 Å². The summed E-state index contributed by atoms with van der Waals surface area (Å²) in [7, 11) is 0. The molecule has 30 heavy (non-hydrogen) atoms. The molecule has 0 radical (unpaired) electrons. The summed E-state index contributed by atoms with van der Waals surface area (Å²) in [4.78, 5) is 32.0. The van der Waals surface area contributed by atoms with Crippen molar-refractivity contribution in [1.29, 1.82) is 0 Å². The minimum atomic E-state index is -0.144. The minimum Gasteiger partial charge on any atom is -0.467 e. The number of carbonyl (C=O) groups is 1. The van der Waals surface area contributed by atoms with Crippen LogP contribution < -0.4 is 10.9 Å². The summed E-state index contributed by atoms with van der Waals surface area (Å²) in [6.07, 6.45) is 1.57. The number of carbonyl (C=O) groups excluding carboxylic acids is 1. The van der Waals surface area contributed by atoms with Crippen LogP contribution in [0.25, 0.3) is 10.2 Å². The van der Waals surface area contributed by atoms with E-state index in [9.17, 15) is 9.59 Å². The van der Waals surface area contributed by atoms with Crippen LogP contribution >= 0.6 is 23.1 Å². The summed E-state index contributed by atoms with van der Waals surface area (Å²) in [5.41, 5.74) is 2.83. The van der Waals surface area contributed by atoms with Gasteiger partial charge in [-0.3, -0.25) is 14.2 Å². The van der Waals surface area contributed by atoms with Gasteiger partial charge in [0.1, 0.15) is 10.6 Å². The number of nitrogens with zero attached hydrogens (tertiary/aromatic N) is 2. The minimum absolute atomic E-state index is 0.127. The van der Waals surface area contributed by atoms with Crippen molar-refractivity contribution in [3.05, 3.63) is 74.8 Å². The number of nitrogens with one attached hydrogen (secondary N) is 1. The van der Waals surface area contributed by atoms with Crippen LogP contribution in [0.3, 0.4) is 0 Å². The Labute approximate surface area is 181 Å². The first-order valence-electron chi connectivity index (χ1n) is 9.44. The highest BCUT2D eigenvalue weighted by Gasteiger charge is 2.16. The van der Waals surface area contributed by atoms with Crippen LogP contribution in [0.5, 0.6) is 0 Å². The molecule has 3 aromatic heterocycles. The lowest BCUT2D eigenvalue weighted by Crippen LogP contribution is -2.24. The van der Waals surface area contributed by atoms with E-state index < -0.39 is 0 Å². The Hall–Kier alpha value is -2.84. The maximum atomic E-state index is 13.1. The van der Waals surface area contributed by atoms with Crippen LogP contribution in [0.4, 0.5) is 5.69 Å². The van der Waals surface area contributed by atoms with Crippen LogP contribution in [0.2, 0.25) is 0 Å². The van der Waals surface area contributed by atoms with Gasteiger partial charge >= 0.3 is 0 Å². The predicted molar refractivity (Wildman–Crippen MR) is 122 cm³/mol. The molecule has 0 aliphatic heterocycles. The summed E-state index contributed by atoms with van der Waals surface area (Å²) < 4.78 is 6.99. The zero-order valence-electron chi connectivity index (χ0n) is 16.9. The average molecular weight is 440 g/mol. The Bertz CT molecular complexity index is 1270. The molecule has 4 rings (SSSR count). The number of amides is 1. The van der Waals surface area contributed by atoms with Gasteiger partial charge in [0.25, 0.3) is 5.56 Å². The van der Waals surface area contributed by atoms with Crippen molar-refractivity contribution in [3.63, 3.8) is 0 Å². The summed E-state index contributed by atoms with van der Waals surface area (Å²) >= 11 is 2.73. The first kappa shape index (κ1) is 20.4. The zero-order chi connectivity index (χ0) is 21.3. The topological polar surface area (TPSA) is 77.1 Å². The van der Waals surface area contributed by atoms with Gasteiger partial charge in [-0.1, -0.05) is 23.9 Å². The van der Waals surface area contributed by atoms with Crippen LogP contribution in [0, 0.1) is 20.8 Å². The summed E-state index contributed by atoms with van der Waals surface area (Å²) in [5.74, 6) is 0.662. The van der Waals surface area contributed by atoms with E-state index in [2.05, 4.69) is 10.3 Å². The third kappa shape index (κ3) is 4.20. The number of benzene rings is 1. The Morgan fingerprint density at radius 3 is 2.83 bits per heavy atom. The highest BCUT2D eigenvalue weighted by atomic mass is 32.2. The van der Waals surface area contributed by atoms with E-state index >= 15 is 0 Å². The molecule has 0 fully saturated rings. The molecule has 3 heterocycles. The smallest absolute Gasteiger partial charge is 0.263 e. The predicted octanol–water partition coefficient (Wildman–Crippen LogP) is 4.76. The Kier molecular flexibility index (Phi) is 5.78. The normalized spacial score (nSPS) is 11.2. The van der Waals surface area contributed by atoms with Gasteiger partial charge in [-0.05, 0) is 56.2 Å². The van der Waals surface area contributed by atoms with E-state index in [-0.39, 0.29) is 23.8 Å². The van der Waals surface area contributed by atoms with Crippen molar-refractivity contribution in [2.45, 2.75) is 32.5 Å².